The highest BCUT2D eigenvalue weighted by molar-refractivity contribution is 6.33. The average molecular weight is 441 g/mol. The molecule has 0 aliphatic rings. The molecule has 1 atom stereocenters. The van der Waals surface area contributed by atoms with E-state index in [0.717, 1.165) is 11.1 Å². The van der Waals surface area contributed by atoms with Gasteiger partial charge in [-0.25, -0.2) is 4.98 Å². The van der Waals surface area contributed by atoms with Gasteiger partial charge in [-0.3, -0.25) is 9.59 Å². The van der Waals surface area contributed by atoms with Gasteiger partial charge >= 0.3 is 5.97 Å². The van der Waals surface area contributed by atoms with Gasteiger partial charge in [0.05, 0.1) is 24.2 Å². The zero-order valence-corrected chi connectivity index (χ0v) is 18.3. The van der Waals surface area contributed by atoms with Crippen molar-refractivity contribution in [2.75, 3.05) is 13.7 Å². The molecule has 0 aliphatic heterocycles. The van der Waals surface area contributed by atoms with Crippen molar-refractivity contribution in [1.82, 2.24) is 9.88 Å². The second kappa shape index (κ2) is 10.8. The van der Waals surface area contributed by atoms with Crippen LogP contribution in [0.25, 0.3) is 11.3 Å². The molecule has 162 valence electrons. The molecule has 0 N–H and O–H groups in total. The van der Waals surface area contributed by atoms with Crippen molar-refractivity contribution in [3.05, 3.63) is 77.3 Å². The highest BCUT2D eigenvalue weighted by Crippen LogP contribution is 2.28. The van der Waals surface area contributed by atoms with Gasteiger partial charge < -0.3 is 14.1 Å². The third kappa shape index (κ3) is 6.18. The fourth-order valence-electron chi connectivity index (χ4n) is 3.25. The van der Waals surface area contributed by atoms with Crippen molar-refractivity contribution in [2.24, 2.45) is 5.92 Å². The molecule has 1 unspecified atom stereocenters. The Labute approximate surface area is 186 Å². The van der Waals surface area contributed by atoms with Crippen molar-refractivity contribution in [2.45, 2.75) is 26.3 Å². The number of hydrogen-bond acceptors (Lipinski definition) is 5. The first-order chi connectivity index (χ1) is 15.0. The van der Waals surface area contributed by atoms with E-state index in [9.17, 15) is 9.59 Å². The SMILES string of the molecule is COC(=O)C(C)CN(Cc1ccccc1)C(=O)CCc1ncc(-c2ccccc2Cl)o1. The second-order valence-corrected chi connectivity index (χ2v) is 7.69. The van der Waals surface area contributed by atoms with E-state index in [0.29, 0.717) is 29.6 Å². The molecular weight excluding hydrogens is 416 g/mol. The molecule has 1 amide bonds. The van der Waals surface area contributed by atoms with E-state index in [2.05, 4.69) is 4.98 Å². The van der Waals surface area contributed by atoms with Crippen molar-refractivity contribution >= 4 is 23.5 Å². The number of oxazole rings is 1. The molecule has 3 rings (SSSR count). The van der Waals surface area contributed by atoms with Crippen LogP contribution in [0, 0.1) is 5.92 Å². The second-order valence-electron chi connectivity index (χ2n) is 7.28. The van der Waals surface area contributed by atoms with E-state index < -0.39 is 5.92 Å². The van der Waals surface area contributed by atoms with Gasteiger partial charge in [-0.05, 0) is 17.7 Å². The fraction of sp³-hybridized carbons (Fsp3) is 0.292. The number of carbonyl (C=O) groups excluding carboxylic acids is 2. The minimum absolute atomic E-state index is 0.0860. The van der Waals surface area contributed by atoms with Gasteiger partial charge in [-0.1, -0.05) is 61.0 Å². The number of methoxy groups -OCH3 is 1. The fourth-order valence-corrected chi connectivity index (χ4v) is 3.48. The topological polar surface area (TPSA) is 72.6 Å². The molecule has 0 fully saturated rings. The lowest BCUT2D eigenvalue weighted by Gasteiger charge is -2.25. The van der Waals surface area contributed by atoms with E-state index in [1.54, 1.807) is 24.1 Å². The normalized spacial score (nSPS) is 11.7. The molecule has 2 aromatic carbocycles. The lowest BCUT2D eigenvalue weighted by Crippen LogP contribution is -2.37. The largest absolute Gasteiger partial charge is 0.469 e. The third-order valence-electron chi connectivity index (χ3n) is 4.91. The summed E-state index contributed by atoms with van der Waals surface area (Å²) >= 11 is 6.21. The molecule has 3 aromatic rings. The van der Waals surface area contributed by atoms with Gasteiger partial charge in [0, 0.05) is 31.5 Å². The van der Waals surface area contributed by atoms with Crippen LogP contribution in [0.3, 0.4) is 0 Å². The number of rotatable bonds is 9. The highest BCUT2D eigenvalue weighted by atomic mass is 35.5. The summed E-state index contributed by atoms with van der Waals surface area (Å²) in [5.41, 5.74) is 1.75. The Morgan fingerprint density at radius 2 is 1.84 bits per heavy atom. The molecule has 0 radical (unpaired) electrons. The minimum atomic E-state index is -0.425. The highest BCUT2D eigenvalue weighted by Gasteiger charge is 2.22. The predicted molar refractivity (Wildman–Crippen MR) is 118 cm³/mol. The Balaban J connectivity index is 1.67. The maximum Gasteiger partial charge on any atom is 0.310 e. The number of benzene rings is 2. The van der Waals surface area contributed by atoms with Gasteiger partial charge in [-0.2, -0.15) is 0 Å². The summed E-state index contributed by atoms with van der Waals surface area (Å²) in [7, 11) is 1.35. The molecule has 0 spiro atoms. The summed E-state index contributed by atoms with van der Waals surface area (Å²) in [6.45, 7) is 2.44. The zero-order chi connectivity index (χ0) is 22.2. The molecule has 0 bridgehead atoms. The number of aryl methyl sites for hydroxylation is 1. The van der Waals surface area contributed by atoms with Crippen LogP contribution in [0.15, 0.2) is 65.2 Å². The summed E-state index contributed by atoms with van der Waals surface area (Å²) in [6.07, 6.45) is 2.17. The van der Waals surface area contributed by atoms with E-state index in [-0.39, 0.29) is 24.8 Å². The summed E-state index contributed by atoms with van der Waals surface area (Å²) in [5.74, 6) is 0.170. The molecule has 6 nitrogen and oxygen atoms in total. The van der Waals surface area contributed by atoms with Crippen LogP contribution in [-0.4, -0.2) is 35.4 Å². The standard InChI is InChI=1S/C24H25ClN2O4/c1-17(24(29)30-2)15-27(16-18-8-4-3-5-9-18)23(28)13-12-22-26-14-21(31-22)19-10-6-7-11-20(19)25/h3-11,14,17H,12-13,15-16H2,1-2H3. The average Bonchev–Trinajstić information content (AvgIpc) is 3.26. The zero-order valence-electron chi connectivity index (χ0n) is 17.6. The van der Waals surface area contributed by atoms with Crippen molar-refractivity contribution in [3.8, 4) is 11.3 Å². The number of halogens is 1. The number of esters is 1. The van der Waals surface area contributed by atoms with Crippen molar-refractivity contribution in [1.29, 1.82) is 0 Å². The third-order valence-corrected chi connectivity index (χ3v) is 5.24. The van der Waals surface area contributed by atoms with Gasteiger partial charge in [0.1, 0.15) is 0 Å². The smallest absolute Gasteiger partial charge is 0.310 e. The first-order valence-electron chi connectivity index (χ1n) is 10.1. The monoisotopic (exact) mass is 440 g/mol. The molecule has 0 aliphatic carbocycles. The number of aromatic nitrogens is 1. The number of nitrogens with zero attached hydrogens (tertiary/aromatic N) is 2. The Kier molecular flexibility index (Phi) is 7.84. The van der Waals surface area contributed by atoms with Crippen molar-refractivity contribution in [3.63, 3.8) is 0 Å². The Morgan fingerprint density at radius 1 is 1.13 bits per heavy atom. The van der Waals surface area contributed by atoms with Gasteiger partial charge in [-0.15, -0.1) is 0 Å². The number of carbonyl (C=O) groups is 2. The van der Waals surface area contributed by atoms with Crippen LogP contribution in [-0.2, 0) is 27.3 Å². The van der Waals surface area contributed by atoms with Crippen LogP contribution in [0.1, 0.15) is 24.8 Å². The molecule has 0 saturated carbocycles. The molecule has 31 heavy (non-hydrogen) atoms. The Bertz CT molecular complexity index is 1020. The van der Waals surface area contributed by atoms with E-state index in [4.69, 9.17) is 20.8 Å². The number of amides is 1. The van der Waals surface area contributed by atoms with Crippen molar-refractivity contribution < 1.29 is 18.7 Å². The van der Waals surface area contributed by atoms with Crippen LogP contribution in [0.4, 0.5) is 0 Å². The molecule has 1 aromatic heterocycles. The first-order valence-corrected chi connectivity index (χ1v) is 10.4. The summed E-state index contributed by atoms with van der Waals surface area (Å²) in [5, 5.41) is 0.576. The number of ether oxygens (including phenoxy) is 1. The van der Waals surface area contributed by atoms with Crippen LogP contribution < -0.4 is 0 Å². The molecule has 7 heteroatoms. The summed E-state index contributed by atoms with van der Waals surface area (Å²) < 4.78 is 10.6. The Hall–Kier alpha value is -3.12. The van der Waals surface area contributed by atoms with Crippen LogP contribution in [0.5, 0.6) is 0 Å². The van der Waals surface area contributed by atoms with Crippen LogP contribution in [0.2, 0.25) is 5.02 Å². The maximum atomic E-state index is 13.0. The summed E-state index contributed by atoms with van der Waals surface area (Å²) in [4.78, 5) is 30.8. The van der Waals surface area contributed by atoms with Gasteiger partial charge in [0.15, 0.2) is 11.7 Å². The van der Waals surface area contributed by atoms with Gasteiger partial charge in [0.2, 0.25) is 5.91 Å². The number of hydrogen-bond donors (Lipinski definition) is 0. The quantitative estimate of drug-likeness (QED) is 0.448. The lowest BCUT2D eigenvalue weighted by molar-refractivity contribution is -0.146. The lowest BCUT2D eigenvalue weighted by atomic mass is 10.1. The van der Waals surface area contributed by atoms with E-state index in [1.165, 1.54) is 7.11 Å². The van der Waals surface area contributed by atoms with Gasteiger partial charge in [0.25, 0.3) is 0 Å². The molecule has 1 heterocycles. The van der Waals surface area contributed by atoms with Crippen LogP contribution >= 0.6 is 11.6 Å². The molecule has 0 saturated heterocycles. The van der Waals surface area contributed by atoms with E-state index >= 15 is 0 Å². The Morgan fingerprint density at radius 3 is 2.55 bits per heavy atom. The first kappa shape index (κ1) is 22.6. The molecular formula is C24H25ClN2O4. The van der Waals surface area contributed by atoms with E-state index in [1.807, 2.05) is 48.5 Å². The maximum absolute atomic E-state index is 13.0. The summed E-state index contributed by atoms with van der Waals surface area (Å²) in [6, 6.07) is 17.0. The predicted octanol–water partition coefficient (Wildman–Crippen LogP) is 4.77. The minimum Gasteiger partial charge on any atom is -0.469 e.